The van der Waals surface area contributed by atoms with Gasteiger partial charge in [0, 0.05) is 38.6 Å². The van der Waals surface area contributed by atoms with Crippen molar-refractivity contribution >= 4 is 39.0 Å². The van der Waals surface area contributed by atoms with Crippen LogP contribution in [0, 0.1) is 13.8 Å². The molecule has 0 saturated heterocycles. The topological polar surface area (TPSA) is 78.0 Å². The van der Waals surface area contributed by atoms with E-state index in [4.69, 9.17) is 13.9 Å². The Morgan fingerprint density at radius 2 is 1.94 bits per heavy atom. The monoisotopic (exact) mass is 479 g/mol. The van der Waals surface area contributed by atoms with Gasteiger partial charge in [0.05, 0.1) is 6.21 Å². The third-order valence-electron chi connectivity index (χ3n) is 5.16. The predicted molar refractivity (Wildman–Crippen MR) is 120 cm³/mol. The van der Waals surface area contributed by atoms with E-state index >= 15 is 0 Å². The van der Waals surface area contributed by atoms with Crippen molar-refractivity contribution in [1.82, 2.24) is 9.99 Å². The van der Waals surface area contributed by atoms with Crippen LogP contribution in [-0.4, -0.2) is 23.5 Å². The number of aromatic nitrogens is 1. The van der Waals surface area contributed by atoms with Crippen molar-refractivity contribution in [1.29, 1.82) is 0 Å². The number of benzene rings is 2. The van der Waals surface area contributed by atoms with Crippen LogP contribution in [0.1, 0.15) is 27.5 Å². The quantitative estimate of drug-likeness (QED) is 0.326. The van der Waals surface area contributed by atoms with E-state index in [1.807, 2.05) is 56.3 Å². The summed E-state index contributed by atoms with van der Waals surface area (Å²) in [6.45, 7) is 4.25. The molecule has 31 heavy (non-hydrogen) atoms. The van der Waals surface area contributed by atoms with Gasteiger partial charge in [0.1, 0.15) is 5.58 Å². The standard InChI is InChI=1S/C23H18BrN3O4/c1-13-7-16(14(2)27(13)18-4-6-20-21(10-18)30-12-29-20)11-25-26-23(28)22-9-15-8-17(24)3-5-19(15)31-22/h3-11H,12H2,1-2H3,(H,26,28)/b25-11+. The maximum Gasteiger partial charge on any atom is 0.307 e. The maximum atomic E-state index is 12.4. The van der Waals surface area contributed by atoms with Crippen LogP contribution >= 0.6 is 15.9 Å². The zero-order chi connectivity index (χ0) is 21.5. The molecule has 3 heterocycles. The maximum absolute atomic E-state index is 12.4. The Morgan fingerprint density at radius 1 is 1.10 bits per heavy atom. The van der Waals surface area contributed by atoms with E-state index in [2.05, 4.69) is 31.0 Å². The summed E-state index contributed by atoms with van der Waals surface area (Å²) in [5.41, 5.74) is 7.06. The summed E-state index contributed by atoms with van der Waals surface area (Å²) in [5, 5.41) is 4.96. The van der Waals surface area contributed by atoms with E-state index in [0.717, 1.165) is 44.0 Å². The minimum Gasteiger partial charge on any atom is -0.454 e. The summed E-state index contributed by atoms with van der Waals surface area (Å²) in [5.74, 6) is 1.27. The molecule has 0 fully saturated rings. The highest BCUT2D eigenvalue weighted by Crippen LogP contribution is 2.34. The van der Waals surface area contributed by atoms with Crippen LogP contribution in [0.4, 0.5) is 0 Å². The van der Waals surface area contributed by atoms with Crippen LogP contribution in [0.3, 0.4) is 0 Å². The fourth-order valence-electron chi connectivity index (χ4n) is 3.68. The summed E-state index contributed by atoms with van der Waals surface area (Å²) < 4.78 is 19.5. The number of fused-ring (bicyclic) bond motifs is 2. The third kappa shape index (κ3) is 3.59. The van der Waals surface area contributed by atoms with E-state index < -0.39 is 5.91 Å². The van der Waals surface area contributed by atoms with Crippen LogP contribution in [0.5, 0.6) is 11.5 Å². The van der Waals surface area contributed by atoms with Gasteiger partial charge in [-0.1, -0.05) is 15.9 Å². The Labute approximate surface area is 186 Å². The molecule has 1 aliphatic heterocycles. The SMILES string of the molecule is Cc1cc(/C=N/NC(=O)c2cc3cc(Br)ccc3o2)c(C)n1-c1ccc2c(c1)OCO2. The second-order valence-corrected chi connectivity index (χ2v) is 8.11. The number of hydrazone groups is 1. The molecule has 8 heteroatoms. The average Bonchev–Trinajstić information content (AvgIpc) is 3.44. The Morgan fingerprint density at radius 3 is 2.81 bits per heavy atom. The molecule has 4 aromatic rings. The van der Waals surface area contributed by atoms with Gasteiger partial charge >= 0.3 is 5.91 Å². The molecule has 156 valence electrons. The van der Waals surface area contributed by atoms with E-state index in [9.17, 15) is 4.79 Å². The fraction of sp³-hybridized carbons (Fsp3) is 0.130. The van der Waals surface area contributed by atoms with Gasteiger partial charge in [0.25, 0.3) is 0 Å². The summed E-state index contributed by atoms with van der Waals surface area (Å²) in [4.78, 5) is 12.4. The second-order valence-electron chi connectivity index (χ2n) is 7.19. The van der Waals surface area contributed by atoms with Crippen LogP contribution in [0.25, 0.3) is 16.7 Å². The van der Waals surface area contributed by atoms with Crippen LogP contribution in [0.2, 0.25) is 0 Å². The predicted octanol–water partition coefficient (Wildman–Crippen LogP) is 5.10. The van der Waals surface area contributed by atoms with Gasteiger partial charge in [0.15, 0.2) is 17.3 Å². The molecular formula is C23H18BrN3O4. The molecule has 1 amide bonds. The molecule has 0 atom stereocenters. The normalized spacial score (nSPS) is 12.7. The summed E-state index contributed by atoms with van der Waals surface area (Å²) in [6, 6.07) is 15.1. The van der Waals surface area contributed by atoms with Gasteiger partial charge in [-0.3, -0.25) is 4.79 Å². The number of amides is 1. The van der Waals surface area contributed by atoms with Gasteiger partial charge in [-0.25, -0.2) is 5.43 Å². The Hall–Kier alpha value is -3.52. The van der Waals surface area contributed by atoms with Crippen LogP contribution < -0.4 is 14.9 Å². The number of ether oxygens (including phenoxy) is 2. The Bertz CT molecular complexity index is 1350. The van der Waals surface area contributed by atoms with Crippen LogP contribution in [-0.2, 0) is 0 Å². The molecule has 2 aromatic heterocycles. The van der Waals surface area contributed by atoms with E-state index in [-0.39, 0.29) is 12.6 Å². The highest BCUT2D eigenvalue weighted by atomic mass is 79.9. The lowest BCUT2D eigenvalue weighted by Gasteiger charge is -2.10. The number of aryl methyl sites for hydroxylation is 1. The highest BCUT2D eigenvalue weighted by Gasteiger charge is 2.17. The molecular weight excluding hydrogens is 462 g/mol. The molecule has 1 N–H and O–H groups in total. The Balaban J connectivity index is 1.35. The number of nitrogens with zero attached hydrogens (tertiary/aromatic N) is 2. The van der Waals surface area contributed by atoms with Gasteiger partial charge in [-0.2, -0.15) is 5.10 Å². The number of carbonyl (C=O) groups excluding carboxylic acids is 1. The number of furan rings is 1. The lowest BCUT2D eigenvalue weighted by atomic mass is 10.2. The summed E-state index contributed by atoms with van der Waals surface area (Å²) in [7, 11) is 0. The van der Waals surface area contributed by atoms with Crippen molar-refractivity contribution in [2.24, 2.45) is 5.10 Å². The van der Waals surface area contributed by atoms with Crippen molar-refractivity contribution < 1.29 is 18.7 Å². The van der Waals surface area contributed by atoms with Gasteiger partial charge in [-0.15, -0.1) is 0 Å². The first kappa shape index (κ1) is 19.4. The first-order valence-electron chi connectivity index (χ1n) is 9.61. The van der Waals surface area contributed by atoms with Crippen molar-refractivity contribution in [3.63, 3.8) is 0 Å². The number of rotatable bonds is 4. The van der Waals surface area contributed by atoms with E-state index in [0.29, 0.717) is 5.58 Å². The van der Waals surface area contributed by atoms with E-state index in [1.54, 1.807) is 12.3 Å². The van der Waals surface area contributed by atoms with Crippen molar-refractivity contribution in [2.75, 3.05) is 6.79 Å². The zero-order valence-electron chi connectivity index (χ0n) is 16.8. The van der Waals surface area contributed by atoms with Crippen LogP contribution in [0.15, 0.2) is 62.5 Å². The molecule has 0 radical (unpaired) electrons. The molecule has 5 rings (SSSR count). The van der Waals surface area contributed by atoms with Gasteiger partial charge in [-0.05, 0) is 56.3 Å². The minimum atomic E-state index is -0.409. The second kappa shape index (κ2) is 7.63. The number of hydrogen-bond donors (Lipinski definition) is 1. The Kier molecular flexibility index (Phi) is 4.78. The van der Waals surface area contributed by atoms with Crippen molar-refractivity contribution in [2.45, 2.75) is 13.8 Å². The number of hydrogen-bond acceptors (Lipinski definition) is 5. The summed E-state index contributed by atoms with van der Waals surface area (Å²) in [6.07, 6.45) is 1.63. The van der Waals surface area contributed by atoms with Crippen molar-refractivity contribution in [3.8, 4) is 17.2 Å². The molecule has 0 saturated carbocycles. The first-order chi connectivity index (χ1) is 15.0. The molecule has 0 bridgehead atoms. The molecule has 2 aromatic carbocycles. The first-order valence-corrected chi connectivity index (χ1v) is 10.4. The largest absolute Gasteiger partial charge is 0.454 e. The lowest BCUT2D eigenvalue weighted by molar-refractivity contribution is 0.0929. The molecule has 7 nitrogen and oxygen atoms in total. The van der Waals surface area contributed by atoms with E-state index in [1.165, 1.54) is 0 Å². The van der Waals surface area contributed by atoms with Crippen molar-refractivity contribution in [3.05, 3.63) is 75.7 Å². The third-order valence-corrected chi connectivity index (χ3v) is 5.65. The lowest BCUT2D eigenvalue weighted by Crippen LogP contribution is -2.16. The van der Waals surface area contributed by atoms with Gasteiger partial charge < -0.3 is 18.5 Å². The zero-order valence-corrected chi connectivity index (χ0v) is 18.4. The van der Waals surface area contributed by atoms with Gasteiger partial charge in [0.2, 0.25) is 6.79 Å². The molecule has 0 unspecified atom stereocenters. The summed E-state index contributed by atoms with van der Waals surface area (Å²) >= 11 is 3.41. The number of nitrogens with one attached hydrogen (secondary N) is 1. The molecule has 0 aliphatic carbocycles. The smallest absolute Gasteiger partial charge is 0.307 e. The highest BCUT2D eigenvalue weighted by molar-refractivity contribution is 9.10. The number of halogens is 1. The minimum absolute atomic E-state index is 0.205. The number of carbonyl (C=O) groups is 1. The average molecular weight is 480 g/mol. The fourth-order valence-corrected chi connectivity index (χ4v) is 4.06. The molecule has 1 aliphatic rings. The molecule has 0 spiro atoms.